The average Bonchev–Trinajstić information content (AvgIpc) is 2.85. The first kappa shape index (κ1) is 13.9. The van der Waals surface area contributed by atoms with Gasteiger partial charge in [-0.25, -0.2) is 4.98 Å². The van der Waals surface area contributed by atoms with Crippen LogP contribution in [-0.2, 0) is 7.05 Å². The highest BCUT2D eigenvalue weighted by molar-refractivity contribution is 6.38. The fourth-order valence-electron chi connectivity index (χ4n) is 2.00. The molecule has 1 N–H and O–H groups in total. The lowest BCUT2D eigenvalue weighted by molar-refractivity contribution is 0.768. The molecule has 1 aromatic carbocycles. The maximum absolute atomic E-state index is 11.9. The number of nitrogens with one attached hydrogen (secondary N) is 1. The maximum Gasteiger partial charge on any atom is 0.251 e. The van der Waals surface area contributed by atoms with Gasteiger partial charge in [0.05, 0.1) is 27.5 Å². The SMILES string of the molecule is Cn1cc(-c2cc(=O)[nH]c(-c3c(Cl)cccc3Cl)n2)cn1. The minimum Gasteiger partial charge on any atom is -0.306 e. The van der Waals surface area contributed by atoms with Crippen molar-refractivity contribution in [2.24, 2.45) is 7.05 Å². The first-order valence-electron chi connectivity index (χ1n) is 6.09. The molecule has 2 heterocycles. The van der Waals surface area contributed by atoms with Crippen LogP contribution in [0.1, 0.15) is 0 Å². The second kappa shape index (κ2) is 5.35. The van der Waals surface area contributed by atoms with Crippen molar-refractivity contribution in [2.45, 2.75) is 0 Å². The molecule has 2 aromatic heterocycles. The van der Waals surface area contributed by atoms with E-state index in [2.05, 4.69) is 15.1 Å². The van der Waals surface area contributed by atoms with E-state index in [9.17, 15) is 4.79 Å². The quantitative estimate of drug-likeness (QED) is 0.789. The number of aryl methyl sites for hydroxylation is 1. The van der Waals surface area contributed by atoms with Crippen LogP contribution in [0.4, 0.5) is 0 Å². The molecule has 0 atom stereocenters. The molecule has 3 aromatic rings. The summed E-state index contributed by atoms with van der Waals surface area (Å²) >= 11 is 12.3. The third-order valence-corrected chi connectivity index (χ3v) is 3.57. The number of aromatic amines is 1. The molecule has 5 nitrogen and oxygen atoms in total. The van der Waals surface area contributed by atoms with Crippen LogP contribution in [0.3, 0.4) is 0 Å². The van der Waals surface area contributed by atoms with Crippen LogP contribution in [0, 0.1) is 0 Å². The highest BCUT2D eigenvalue weighted by atomic mass is 35.5. The van der Waals surface area contributed by atoms with Gasteiger partial charge in [0.25, 0.3) is 5.56 Å². The van der Waals surface area contributed by atoms with Crippen LogP contribution >= 0.6 is 23.2 Å². The summed E-state index contributed by atoms with van der Waals surface area (Å²) in [6.45, 7) is 0. The zero-order valence-electron chi connectivity index (χ0n) is 11.0. The number of benzene rings is 1. The van der Waals surface area contributed by atoms with Crippen LogP contribution in [-0.4, -0.2) is 19.7 Å². The molecule has 0 radical (unpaired) electrons. The third-order valence-electron chi connectivity index (χ3n) is 2.94. The number of hydrogen-bond donors (Lipinski definition) is 1. The number of hydrogen-bond acceptors (Lipinski definition) is 3. The Morgan fingerprint density at radius 1 is 1.24 bits per heavy atom. The third kappa shape index (κ3) is 2.70. The van der Waals surface area contributed by atoms with Crippen LogP contribution in [0.2, 0.25) is 10.0 Å². The van der Waals surface area contributed by atoms with Crippen molar-refractivity contribution in [1.29, 1.82) is 0 Å². The van der Waals surface area contributed by atoms with Gasteiger partial charge in [-0.3, -0.25) is 9.48 Å². The molecule has 0 saturated heterocycles. The predicted molar refractivity (Wildman–Crippen MR) is 82.5 cm³/mol. The maximum atomic E-state index is 11.9. The van der Waals surface area contributed by atoms with E-state index in [1.54, 1.807) is 42.3 Å². The van der Waals surface area contributed by atoms with Crippen molar-refractivity contribution in [3.63, 3.8) is 0 Å². The standard InChI is InChI=1S/C14H10Cl2N4O/c1-20-7-8(6-17-20)11-5-12(21)19-14(18-11)13-9(15)3-2-4-10(13)16/h2-7H,1H3,(H,18,19,21). The minimum atomic E-state index is -0.283. The molecule has 21 heavy (non-hydrogen) atoms. The second-order valence-electron chi connectivity index (χ2n) is 4.48. The normalized spacial score (nSPS) is 10.8. The van der Waals surface area contributed by atoms with Gasteiger partial charge in [0, 0.05) is 24.9 Å². The molecular weight excluding hydrogens is 311 g/mol. The number of rotatable bonds is 2. The van der Waals surface area contributed by atoms with Crippen molar-refractivity contribution in [2.75, 3.05) is 0 Å². The Kier molecular flexibility index (Phi) is 3.53. The summed E-state index contributed by atoms with van der Waals surface area (Å²) in [7, 11) is 1.79. The Hall–Kier alpha value is -2.11. The highest BCUT2D eigenvalue weighted by Crippen LogP contribution is 2.32. The molecule has 0 aliphatic carbocycles. The van der Waals surface area contributed by atoms with Crippen LogP contribution < -0.4 is 5.56 Å². The largest absolute Gasteiger partial charge is 0.306 e. The van der Waals surface area contributed by atoms with Crippen molar-refractivity contribution in [3.8, 4) is 22.6 Å². The summed E-state index contributed by atoms with van der Waals surface area (Å²) in [5.74, 6) is 0.331. The average molecular weight is 321 g/mol. The molecule has 0 spiro atoms. The van der Waals surface area contributed by atoms with E-state index in [0.717, 1.165) is 5.56 Å². The molecule has 3 rings (SSSR count). The van der Waals surface area contributed by atoms with Crippen LogP contribution in [0.5, 0.6) is 0 Å². The van der Waals surface area contributed by atoms with Crippen molar-refractivity contribution in [3.05, 3.63) is 57.1 Å². The van der Waals surface area contributed by atoms with Crippen LogP contribution in [0.25, 0.3) is 22.6 Å². The fraction of sp³-hybridized carbons (Fsp3) is 0.0714. The number of halogens is 2. The van der Waals surface area contributed by atoms with Crippen molar-refractivity contribution < 1.29 is 0 Å². The first-order chi connectivity index (χ1) is 10.0. The summed E-state index contributed by atoms with van der Waals surface area (Å²) < 4.78 is 1.64. The van der Waals surface area contributed by atoms with Crippen molar-refractivity contribution in [1.82, 2.24) is 19.7 Å². The second-order valence-corrected chi connectivity index (χ2v) is 5.29. The van der Waals surface area contributed by atoms with Gasteiger partial charge in [0.2, 0.25) is 0 Å². The van der Waals surface area contributed by atoms with Gasteiger partial charge in [-0.15, -0.1) is 0 Å². The summed E-state index contributed by atoms with van der Waals surface area (Å²) in [5, 5.41) is 4.92. The Morgan fingerprint density at radius 2 is 1.95 bits per heavy atom. The highest BCUT2D eigenvalue weighted by Gasteiger charge is 2.13. The molecular formula is C14H10Cl2N4O. The van der Waals surface area contributed by atoms with E-state index in [0.29, 0.717) is 27.1 Å². The monoisotopic (exact) mass is 320 g/mol. The summed E-state index contributed by atoms with van der Waals surface area (Å²) in [6, 6.07) is 6.53. The minimum absolute atomic E-state index is 0.283. The molecule has 0 aliphatic heterocycles. The lowest BCUT2D eigenvalue weighted by atomic mass is 10.2. The predicted octanol–water partition coefficient (Wildman–Crippen LogP) is 3.14. The Morgan fingerprint density at radius 3 is 2.57 bits per heavy atom. The summed E-state index contributed by atoms with van der Waals surface area (Å²) in [4.78, 5) is 19.0. The number of H-pyrrole nitrogens is 1. The zero-order valence-corrected chi connectivity index (χ0v) is 12.5. The molecule has 0 aliphatic rings. The Bertz CT molecular complexity index is 849. The van der Waals surface area contributed by atoms with Gasteiger partial charge in [0.1, 0.15) is 5.82 Å². The molecule has 0 fully saturated rings. The Labute approximate surface area is 130 Å². The number of nitrogens with zero attached hydrogens (tertiary/aromatic N) is 3. The zero-order chi connectivity index (χ0) is 15.0. The lowest BCUT2D eigenvalue weighted by Gasteiger charge is -2.07. The number of aromatic nitrogens is 4. The van der Waals surface area contributed by atoms with Gasteiger partial charge < -0.3 is 4.98 Å². The fourth-order valence-corrected chi connectivity index (χ4v) is 2.58. The van der Waals surface area contributed by atoms with Gasteiger partial charge >= 0.3 is 0 Å². The molecule has 0 unspecified atom stereocenters. The summed E-state index contributed by atoms with van der Waals surface area (Å²) in [6.07, 6.45) is 3.42. The smallest absolute Gasteiger partial charge is 0.251 e. The molecule has 7 heteroatoms. The van der Waals surface area contributed by atoms with E-state index >= 15 is 0 Å². The van der Waals surface area contributed by atoms with E-state index in [4.69, 9.17) is 23.2 Å². The summed E-state index contributed by atoms with van der Waals surface area (Å²) in [5.41, 5.74) is 1.48. The topological polar surface area (TPSA) is 63.6 Å². The van der Waals surface area contributed by atoms with Gasteiger partial charge in [-0.1, -0.05) is 29.3 Å². The van der Waals surface area contributed by atoms with Gasteiger partial charge in [-0.2, -0.15) is 5.10 Å². The van der Waals surface area contributed by atoms with Crippen molar-refractivity contribution >= 4 is 23.2 Å². The van der Waals surface area contributed by atoms with E-state index in [1.165, 1.54) is 6.07 Å². The molecule has 0 bridgehead atoms. The first-order valence-corrected chi connectivity index (χ1v) is 6.85. The Balaban J connectivity index is 2.21. The van der Waals surface area contributed by atoms with E-state index < -0.39 is 0 Å². The van der Waals surface area contributed by atoms with Gasteiger partial charge in [0.15, 0.2) is 0 Å². The van der Waals surface area contributed by atoms with Gasteiger partial charge in [-0.05, 0) is 12.1 Å². The van der Waals surface area contributed by atoms with E-state index in [1.807, 2.05) is 0 Å². The molecule has 0 amide bonds. The molecule has 106 valence electrons. The lowest BCUT2D eigenvalue weighted by Crippen LogP contribution is -2.08. The van der Waals surface area contributed by atoms with E-state index in [-0.39, 0.29) is 5.56 Å². The molecule has 0 saturated carbocycles. The van der Waals surface area contributed by atoms with Crippen LogP contribution in [0.15, 0.2) is 41.5 Å².